The van der Waals surface area contributed by atoms with E-state index in [2.05, 4.69) is 5.32 Å². The first kappa shape index (κ1) is 18.6. The summed E-state index contributed by atoms with van der Waals surface area (Å²) in [5, 5.41) is 3.13. The average Bonchev–Trinajstić information content (AvgIpc) is 2.83. The first-order valence-corrected chi connectivity index (χ1v) is 8.85. The molecule has 1 aliphatic heterocycles. The zero-order chi connectivity index (χ0) is 19.2. The van der Waals surface area contributed by atoms with Crippen LogP contribution in [0.2, 0.25) is 0 Å². The molecule has 0 saturated carbocycles. The highest BCUT2D eigenvalue weighted by atomic mass is 16.5. The highest BCUT2D eigenvalue weighted by Gasteiger charge is 2.31. The third-order valence-electron chi connectivity index (χ3n) is 4.68. The van der Waals surface area contributed by atoms with Gasteiger partial charge in [0.2, 0.25) is 5.91 Å². The molecule has 2 aromatic rings. The van der Waals surface area contributed by atoms with Crippen molar-refractivity contribution in [2.45, 2.75) is 25.4 Å². The lowest BCUT2D eigenvalue weighted by Gasteiger charge is -2.24. The van der Waals surface area contributed by atoms with Crippen LogP contribution < -0.4 is 5.32 Å². The minimum Gasteiger partial charge on any atom is -0.469 e. The van der Waals surface area contributed by atoms with Crippen LogP contribution in [0.5, 0.6) is 0 Å². The summed E-state index contributed by atoms with van der Waals surface area (Å²) in [5.74, 6) is -0.612. The van der Waals surface area contributed by atoms with E-state index in [0.29, 0.717) is 24.3 Å². The largest absolute Gasteiger partial charge is 0.469 e. The number of hydrogen-bond donors (Lipinski definition) is 1. The molecule has 0 radical (unpaired) electrons. The van der Waals surface area contributed by atoms with Crippen molar-refractivity contribution in [2.24, 2.45) is 0 Å². The summed E-state index contributed by atoms with van der Waals surface area (Å²) >= 11 is 0. The quantitative estimate of drug-likeness (QED) is 0.628. The first-order valence-electron chi connectivity index (χ1n) is 8.85. The maximum Gasteiger partial charge on any atom is 0.308 e. The third-order valence-corrected chi connectivity index (χ3v) is 4.68. The predicted molar refractivity (Wildman–Crippen MR) is 101 cm³/mol. The molecule has 1 atom stereocenters. The second-order valence-corrected chi connectivity index (χ2v) is 6.51. The summed E-state index contributed by atoms with van der Waals surface area (Å²) in [6.07, 6.45) is 1.42. The molecule has 1 aliphatic rings. The van der Waals surface area contributed by atoms with Gasteiger partial charge in [0.05, 0.1) is 13.5 Å². The van der Waals surface area contributed by atoms with Crippen molar-refractivity contribution in [2.75, 3.05) is 19.0 Å². The maximum absolute atomic E-state index is 13.0. The minimum atomic E-state index is -0.726. The predicted octanol–water partition coefficient (Wildman–Crippen LogP) is 2.43. The van der Waals surface area contributed by atoms with Crippen molar-refractivity contribution in [3.8, 4) is 0 Å². The number of nitrogens with zero attached hydrogens (tertiary/aromatic N) is 1. The number of carbonyl (C=O) groups excluding carboxylic acids is 3. The molecule has 0 fully saturated rings. The summed E-state index contributed by atoms with van der Waals surface area (Å²) in [7, 11) is 1.30. The smallest absolute Gasteiger partial charge is 0.308 e. The van der Waals surface area contributed by atoms with Crippen molar-refractivity contribution in [3.63, 3.8) is 0 Å². The van der Waals surface area contributed by atoms with Crippen LogP contribution in [0, 0.1) is 0 Å². The molecule has 1 heterocycles. The van der Waals surface area contributed by atoms with Gasteiger partial charge >= 0.3 is 5.97 Å². The Kier molecular flexibility index (Phi) is 5.86. The van der Waals surface area contributed by atoms with Gasteiger partial charge in [-0.25, -0.2) is 0 Å². The SMILES string of the molecule is COC(=O)CC1Nc2cc(C=O)ccc2CN(CCc2ccccc2)C1=O. The molecule has 0 saturated heterocycles. The number of fused-ring (bicyclic) bond motifs is 1. The van der Waals surface area contributed by atoms with Crippen molar-refractivity contribution >= 4 is 23.9 Å². The molecule has 1 N–H and O–H groups in total. The molecule has 0 aliphatic carbocycles. The topological polar surface area (TPSA) is 75.7 Å². The second-order valence-electron chi connectivity index (χ2n) is 6.51. The summed E-state index contributed by atoms with van der Waals surface area (Å²) in [5.41, 5.74) is 3.27. The Morgan fingerprint density at radius 2 is 2.04 bits per heavy atom. The number of aldehydes is 1. The number of carbonyl (C=O) groups is 3. The molecule has 27 heavy (non-hydrogen) atoms. The minimum absolute atomic E-state index is 0.0675. The van der Waals surface area contributed by atoms with Gasteiger partial charge in [0.15, 0.2) is 0 Å². The van der Waals surface area contributed by atoms with E-state index in [4.69, 9.17) is 4.74 Å². The Balaban J connectivity index is 1.85. The number of benzene rings is 2. The van der Waals surface area contributed by atoms with Crippen LogP contribution in [-0.2, 0) is 27.3 Å². The Morgan fingerprint density at radius 3 is 2.74 bits per heavy atom. The molecular formula is C21H22N2O4. The van der Waals surface area contributed by atoms with E-state index in [9.17, 15) is 14.4 Å². The number of methoxy groups -OCH3 is 1. The number of esters is 1. The van der Waals surface area contributed by atoms with Crippen LogP contribution in [0.3, 0.4) is 0 Å². The summed E-state index contributed by atoms with van der Waals surface area (Å²) in [6.45, 7) is 0.960. The molecule has 140 valence electrons. The zero-order valence-electron chi connectivity index (χ0n) is 15.2. The van der Waals surface area contributed by atoms with Crippen molar-refractivity contribution in [3.05, 3.63) is 65.2 Å². The Bertz CT molecular complexity index is 835. The van der Waals surface area contributed by atoms with E-state index in [1.807, 2.05) is 36.4 Å². The second kappa shape index (κ2) is 8.49. The number of ether oxygens (including phenoxy) is 1. The number of rotatable bonds is 6. The first-order chi connectivity index (χ1) is 13.1. The lowest BCUT2D eigenvalue weighted by atomic mass is 10.1. The fourth-order valence-corrected chi connectivity index (χ4v) is 3.18. The summed E-state index contributed by atoms with van der Waals surface area (Å²) in [6, 6.07) is 14.5. The normalized spacial score (nSPS) is 16.1. The van der Waals surface area contributed by atoms with E-state index in [1.165, 1.54) is 7.11 Å². The average molecular weight is 366 g/mol. The molecule has 1 unspecified atom stereocenters. The highest BCUT2D eigenvalue weighted by molar-refractivity contribution is 5.91. The maximum atomic E-state index is 13.0. The van der Waals surface area contributed by atoms with Crippen LogP contribution in [0.1, 0.15) is 27.9 Å². The lowest BCUT2D eigenvalue weighted by molar-refractivity contribution is -0.144. The van der Waals surface area contributed by atoms with Gasteiger partial charge in [0.1, 0.15) is 12.3 Å². The molecule has 2 aromatic carbocycles. The van der Waals surface area contributed by atoms with Crippen LogP contribution in [-0.4, -0.2) is 42.8 Å². The van der Waals surface area contributed by atoms with E-state index < -0.39 is 12.0 Å². The standard InChI is InChI=1S/C21H22N2O4/c1-27-20(25)12-19-21(26)23(10-9-15-5-3-2-4-6-15)13-17-8-7-16(14-24)11-18(17)22-19/h2-8,11,14,19,22H,9-10,12-13H2,1H3. The monoisotopic (exact) mass is 366 g/mol. The number of hydrogen-bond acceptors (Lipinski definition) is 5. The molecule has 0 bridgehead atoms. The Hall–Kier alpha value is -3.15. The van der Waals surface area contributed by atoms with E-state index in [-0.39, 0.29) is 12.3 Å². The van der Waals surface area contributed by atoms with Crippen LogP contribution in [0.15, 0.2) is 48.5 Å². The summed E-state index contributed by atoms with van der Waals surface area (Å²) in [4.78, 5) is 37.6. The van der Waals surface area contributed by atoms with Crippen molar-refractivity contribution in [1.29, 1.82) is 0 Å². The van der Waals surface area contributed by atoms with Gasteiger partial charge in [0, 0.05) is 24.3 Å². The molecule has 0 spiro atoms. The lowest BCUT2D eigenvalue weighted by Crippen LogP contribution is -2.42. The van der Waals surface area contributed by atoms with Crippen molar-refractivity contribution in [1.82, 2.24) is 4.90 Å². The zero-order valence-corrected chi connectivity index (χ0v) is 15.2. The third kappa shape index (κ3) is 4.53. The Labute approximate surface area is 158 Å². The van der Waals surface area contributed by atoms with Gasteiger partial charge in [-0.1, -0.05) is 42.5 Å². The molecule has 6 heteroatoms. The Morgan fingerprint density at radius 1 is 1.26 bits per heavy atom. The van der Waals surface area contributed by atoms with Gasteiger partial charge < -0.3 is 15.0 Å². The fourth-order valence-electron chi connectivity index (χ4n) is 3.18. The number of nitrogens with one attached hydrogen (secondary N) is 1. The number of anilines is 1. The molecule has 0 aromatic heterocycles. The fraction of sp³-hybridized carbons (Fsp3) is 0.286. The number of amides is 1. The van der Waals surface area contributed by atoms with E-state index >= 15 is 0 Å². The van der Waals surface area contributed by atoms with Gasteiger partial charge in [-0.2, -0.15) is 0 Å². The van der Waals surface area contributed by atoms with Gasteiger partial charge in [-0.3, -0.25) is 14.4 Å². The van der Waals surface area contributed by atoms with Crippen LogP contribution in [0.25, 0.3) is 0 Å². The molecule has 6 nitrogen and oxygen atoms in total. The van der Waals surface area contributed by atoms with E-state index in [1.54, 1.807) is 17.0 Å². The van der Waals surface area contributed by atoms with Gasteiger partial charge in [0.25, 0.3) is 0 Å². The van der Waals surface area contributed by atoms with Gasteiger partial charge in [-0.05, 0) is 23.6 Å². The highest BCUT2D eigenvalue weighted by Crippen LogP contribution is 2.25. The van der Waals surface area contributed by atoms with Crippen molar-refractivity contribution < 1.29 is 19.1 Å². The van der Waals surface area contributed by atoms with Gasteiger partial charge in [-0.15, -0.1) is 0 Å². The van der Waals surface area contributed by atoms with E-state index in [0.717, 1.165) is 23.8 Å². The molecule has 3 rings (SSSR count). The van der Waals surface area contributed by atoms with Crippen LogP contribution in [0.4, 0.5) is 5.69 Å². The van der Waals surface area contributed by atoms with Crippen LogP contribution >= 0.6 is 0 Å². The molecule has 1 amide bonds. The molecular weight excluding hydrogens is 344 g/mol. The summed E-state index contributed by atoms with van der Waals surface area (Å²) < 4.78 is 4.73.